The molecule has 6 heteroatoms. The number of carboxylic acid groups (broad SMARTS) is 1. The largest absolute Gasteiger partial charge is 0.480 e. The average Bonchev–Trinajstić information content (AvgIpc) is 2.35. The van der Waals surface area contributed by atoms with Gasteiger partial charge in [0.05, 0.1) is 11.9 Å². The summed E-state index contributed by atoms with van der Waals surface area (Å²) in [6.45, 7) is 3.89. The molecular formula is C13H22N4O2. The van der Waals surface area contributed by atoms with Crippen molar-refractivity contribution >= 4 is 11.8 Å². The number of carboxylic acids is 1. The molecule has 0 saturated carbocycles. The molecule has 4 N–H and O–H groups in total. The van der Waals surface area contributed by atoms with Crippen LogP contribution in [0.25, 0.3) is 0 Å². The van der Waals surface area contributed by atoms with Crippen molar-refractivity contribution in [3.05, 3.63) is 18.1 Å². The van der Waals surface area contributed by atoms with Crippen molar-refractivity contribution in [2.75, 3.05) is 5.32 Å². The molecule has 0 bridgehead atoms. The summed E-state index contributed by atoms with van der Waals surface area (Å²) in [4.78, 5) is 19.4. The highest BCUT2D eigenvalue weighted by Crippen LogP contribution is 2.10. The highest BCUT2D eigenvalue weighted by Gasteiger charge is 2.20. The van der Waals surface area contributed by atoms with E-state index in [1.165, 1.54) is 6.20 Å². The molecule has 6 nitrogen and oxygen atoms in total. The third-order valence-electron chi connectivity index (χ3n) is 2.84. The fraction of sp³-hybridized carbons (Fsp3) is 0.615. The zero-order valence-corrected chi connectivity index (χ0v) is 11.5. The first-order valence-electron chi connectivity index (χ1n) is 6.56. The summed E-state index contributed by atoms with van der Waals surface area (Å²) in [6.07, 6.45) is 6.42. The fourth-order valence-corrected chi connectivity index (χ4v) is 1.82. The van der Waals surface area contributed by atoms with Gasteiger partial charge in [-0.15, -0.1) is 0 Å². The first-order chi connectivity index (χ1) is 9.02. The van der Waals surface area contributed by atoms with Crippen LogP contribution in [0.2, 0.25) is 0 Å². The van der Waals surface area contributed by atoms with Gasteiger partial charge < -0.3 is 16.2 Å². The van der Waals surface area contributed by atoms with Gasteiger partial charge in [-0.25, -0.2) is 9.78 Å². The van der Waals surface area contributed by atoms with Crippen LogP contribution in [-0.4, -0.2) is 33.1 Å². The second-order valence-corrected chi connectivity index (χ2v) is 4.72. The Morgan fingerprint density at radius 3 is 2.84 bits per heavy atom. The van der Waals surface area contributed by atoms with Crippen molar-refractivity contribution in [2.24, 2.45) is 5.73 Å². The smallest absolute Gasteiger partial charge is 0.326 e. The molecule has 0 aromatic carbocycles. The van der Waals surface area contributed by atoms with Crippen LogP contribution in [-0.2, 0) is 4.79 Å². The van der Waals surface area contributed by atoms with Crippen molar-refractivity contribution in [3.63, 3.8) is 0 Å². The van der Waals surface area contributed by atoms with Crippen LogP contribution >= 0.6 is 0 Å². The summed E-state index contributed by atoms with van der Waals surface area (Å²) in [6, 6.07) is -0.853. The van der Waals surface area contributed by atoms with Crippen molar-refractivity contribution in [1.29, 1.82) is 0 Å². The maximum Gasteiger partial charge on any atom is 0.326 e. The maximum absolute atomic E-state index is 11.2. The number of carbonyl (C=O) groups is 1. The Bertz CT molecular complexity index is 411. The van der Waals surface area contributed by atoms with Crippen molar-refractivity contribution in [3.8, 4) is 0 Å². The van der Waals surface area contributed by atoms with Gasteiger partial charge in [-0.2, -0.15) is 0 Å². The first kappa shape index (κ1) is 15.4. The molecule has 0 aliphatic rings. The highest BCUT2D eigenvalue weighted by atomic mass is 16.4. The third-order valence-corrected chi connectivity index (χ3v) is 2.84. The van der Waals surface area contributed by atoms with Gasteiger partial charge in [-0.1, -0.05) is 19.8 Å². The van der Waals surface area contributed by atoms with Crippen LogP contribution in [0.5, 0.6) is 0 Å². The molecule has 1 rings (SSSR count). The van der Waals surface area contributed by atoms with Gasteiger partial charge in [0.15, 0.2) is 0 Å². The molecule has 1 aromatic heterocycles. The fourth-order valence-electron chi connectivity index (χ4n) is 1.82. The summed E-state index contributed by atoms with van der Waals surface area (Å²) in [5.74, 6) is -0.453. The van der Waals surface area contributed by atoms with Gasteiger partial charge >= 0.3 is 5.97 Å². The van der Waals surface area contributed by atoms with Crippen LogP contribution < -0.4 is 11.1 Å². The lowest BCUT2D eigenvalue weighted by Gasteiger charge is -2.19. The van der Waals surface area contributed by atoms with Crippen LogP contribution in [0.4, 0.5) is 5.82 Å². The van der Waals surface area contributed by atoms with Crippen LogP contribution in [0.15, 0.2) is 12.4 Å². The van der Waals surface area contributed by atoms with Crippen molar-refractivity contribution in [2.45, 2.75) is 51.6 Å². The second kappa shape index (κ2) is 7.68. The lowest BCUT2D eigenvalue weighted by atomic mass is 10.0. The molecule has 0 radical (unpaired) electrons. The zero-order valence-electron chi connectivity index (χ0n) is 11.5. The molecular weight excluding hydrogens is 244 g/mol. The van der Waals surface area contributed by atoms with Gasteiger partial charge in [-0.3, -0.25) is 4.98 Å². The molecule has 1 heterocycles. The van der Waals surface area contributed by atoms with E-state index in [0.717, 1.165) is 25.0 Å². The Morgan fingerprint density at radius 2 is 2.26 bits per heavy atom. The molecule has 19 heavy (non-hydrogen) atoms. The Morgan fingerprint density at radius 1 is 1.53 bits per heavy atom. The van der Waals surface area contributed by atoms with Crippen LogP contribution in [0.1, 0.15) is 38.3 Å². The van der Waals surface area contributed by atoms with Crippen LogP contribution in [0, 0.1) is 6.92 Å². The number of anilines is 1. The zero-order chi connectivity index (χ0) is 14.3. The number of nitrogens with zero attached hydrogens (tertiary/aromatic N) is 2. The number of nitrogens with two attached hydrogens (primary N) is 1. The Kier molecular flexibility index (Phi) is 6.21. The van der Waals surface area contributed by atoms with Crippen LogP contribution in [0.3, 0.4) is 0 Å². The van der Waals surface area contributed by atoms with Gasteiger partial charge in [-0.05, 0) is 19.8 Å². The summed E-state index contributed by atoms with van der Waals surface area (Å²) < 4.78 is 0. The predicted octanol–water partition coefficient (Wildman–Crippen LogP) is 1.56. The number of aromatic nitrogens is 2. The Balaban J connectivity index is 2.60. The molecule has 2 unspecified atom stereocenters. The summed E-state index contributed by atoms with van der Waals surface area (Å²) >= 11 is 0. The van der Waals surface area contributed by atoms with Gasteiger partial charge in [0, 0.05) is 12.2 Å². The molecule has 0 saturated heterocycles. The molecule has 106 valence electrons. The molecule has 0 amide bonds. The number of hydrogen-bond acceptors (Lipinski definition) is 5. The molecule has 0 aliphatic carbocycles. The second-order valence-electron chi connectivity index (χ2n) is 4.72. The van der Waals surface area contributed by atoms with E-state index in [9.17, 15) is 9.90 Å². The average molecular weight is 266 g/mol. The minimum atomic E-state index is -0.921. The molecule has 1 aromatic rings. The highest BCUT2D eigenvalue weighted by molar-refractivity contribution is 5.76. The number of rotatable bonds is 8. The van der Waals surface area contributed by atoms with E-state index in [4.69, 9.17) is 5.73 Å². The standard InChI is InChI=1S/C13H22N4O2/c1-3-4-5-10(14)6-11(13(18)19)17-12-8-15-7-9(2)16-12/h7-8,10-11H,3-6,14H2,1-2H3,(H,16,17)(H,18,19). The third kappa shape index (κ3) is 5.65. The number of aryl methyl sites for hydroxylation is 1. The lowest BCUT2D eigenvalue weighted by molar-refractivity contribution is -0.138. The molecule has 0 fully saturated rings. The van der Waals surface area contributed by atoms with Gasteiger partial charge in [0.25, 0.3) is 0 Å². The maximum atomic E-state index is 11.2. The number of unbranched alkanes of at least 4 members (excludes halogenated alkanes) is 1. The normalized spacial score (nSPS) is 13.8. The molecule has 2 atom stereocenters. The Labute approximate surface area is 113 Å². The van der Waals surface area contributed by atoms with E-state index in [-0.39, 0.29) is 6.04 Å². The SMILES string of the molecule is CCCCC(N)CC(Nc1cncc(C)n1)C(=O)O. The summed E-state index contributed by atoms with van der Waals surface area (Å²) in [5.41, 5.74) is 6.68. The number of hydrogen-bond donors (Lipinski definition) is 3. The minimum absolute atomic E-state index is 0.119. The first-order valence-corrected chi connectivity index (χ1v) is 6.56. The molecule has 0 spiro atoms. The number of nitrogens with one attached hydrogen (secondary N) is 1. The monoisotopic (exact) mass is 266 g/mol. The van der Waals surface area contributed by atoms with Crippen molar-refractivity contribution in [1.82, 2.24) is 9.97 Å². The van der Waals surface area contributed by atoms with E-state index in [1.807, 2.05) is 0 Å². The minimum Gasteiger partial charge on any atom is -0.480 e. The van der Waals surface area contributed by atoms with E-state index < -0.39 is 12.0 Å². The van der Waals surface area contributed by atoms with Gasteiger partial charge in [0.1, 0.15) is 11.9 Å². The predicted molar refractivity (Wildman–Crippen MR) is 73.9 cm³/mol. The topological polar surface area (TPSA) is 101 Å². The lowest BCUT2D eigenvalue weighted by Crippen LogP contribution is -2.36. The van der Waals surface area contributed by atoms with E-state index in [1.54, 1.807) is 13.1 Å². The van der Waals surface area contributed by atoms with E-state index in [2.05, 4.69) is 22.2 Å². The summed E-state index contributed by atoms with van der Waals surface area (Å²) in [5, 5.41) is 12.1. The Hall–Kier alpha value is -1.69. The molecule has 0 aliphatic heterocycles. The van der Waals surface area contributed by atoms with Gasteiger partial charge in [0.2, 0.25) is 0 Å². The van der Waals surface area contributed by atoms with Crippen molar-refractivity contribution < 1.29 is 9.90 Å². The summed E-state index contributed by atoms with van der Waals surface area (Å²) in [7, 11) is 0. The van der Waals surface area contributed by atoms with E-state index in [0.29, 0.717) is 12.2 Å². The number of aliphatic carboxylic acids is 1. The quantitative estimate of drug-likeness (QED) is 0.660. The van der Waals surface area contributed by atoms with E-state index >= 15 is 0 Å².